The lowest BCUT2D eigenvalue weighted by atomic mass is 10.0. The number of carbonyl (C=O) groups is 1. The standard InChI is InChI=1S/C21H22ClN3O/c1-14-9-7-8-12-18(14)15(2)23-21(26)19-16(3)24-25(20(19)22)13-17-10-5-4-6-11-17/h4-12,15H,13H2,1-3H3,(H,23,26). The minimum atomic E-state index is -0.206. The van der Waals surface area contributed by atoms with Crippen LogP contribution in [0.4, 0.5) is 0 Å². The van der Waals surface area contributed by atoms with Crippen molar-refractivity contribution >= 4 is 17.5 Å². The van der Waals surface area contributed by atoms with Crippen LogP contribution in [0.3, 0.4) is 0 Å². The van der Waals surface area contributed by atoms with E-state index in [1.54, 1.807) is 11.6 Å². The zero-order valence-electron chi connectivity index (χ0n) is 15.2. The molecule has 0 saturated carbocycles. The highest BCUT2D eigenvalue weighted by Crippen LogP contribution is 2.23. The smallest absolute Gasteiger partial charge is 0.256 e. The summed E-state index contributed by atoms with van der Waals surface area (Å²) < 4.78 is 1.67. The summed E-state index contributed by atoms with van der Waals surface area (Å²) in [4.78, 5) is 12.8. The molecule has 1 aromatic heterocycles. The van der Waals surface area contributed by atoms with Gasteiger partial charge in [-0.3, -0.25) is 4.79 Å². The maximum atomic E-state index is 12.8. The Balaban J connectivity index is 1.80. The molecule has 0 spiro atoms. The van der Waals surface area contributed by atoms with E-state index in [1.807, 2.05) is 68.4 Å². The van der Waals surface area contributed by atoms with E-state index in [0.717, 1.165) is 16.7 Å². The van der Waals surface area contributed by atoms with E-state index >= 15 is 0 Å². The Bertz CT molecular complexity index is 918. The number of hydrogen-bond acceptors (Lipinski definition) is 2. The zero-order chi connectivity index (χ0) is 18.7. The van der Waals surface area contributed by atoms with Crippen LogP contribution in [0.25, 0.3) is 0 Å². The Labute approximate surface area is 158 Å². The molecule has 0 aliphatic rings. The lowest BCUT2D eigenvalue weighted by Gasteiger charge is -2.16. The van der Waals surface area contributed by atoms with Gasteiger partial charge in [-0.05, 0) is 37.5 Å². The second kappa shape index (κ2) is 7.75. The van der Waals surface area contributed by atoms with Gasteiger partial charge in [0, 0.05) is 0 Å². The Kier molecular flexibility index (Phi) is 5.43. The van der Waals surface area contributed by atoms with Crippen LogP contribution in [0.15, 0.2) is 54.6 Å². The summed E-state index contributed by atoms with van der Waals surface area (Å²) in [6, 6.07) is 17.8. The van der Waals surface area contributed by atoms with Gasteiger partial charge in [0.15, 0.2) is 0 Å². The zero-order valence-corrected chi connectivity index (χ0v) is 15.9. The van der Waals surface area contributed by atoms with Crippen molar-refractivity contribution in [3.05, 3.63) is 87.7 Å². The van der Waals surface area contributed by atoms with Gasteiger partial charge in [0.2, 0.25) is 0 Å². The second-order valence-electron chi connectivity index (χ2n) is 6.45. The number of nitrogens with zero attached hydrogens (tertiary/aromatic N) is 2. The molecule has 0 saturated heterocycles. The number of halogens is 1. The van der Waals surface area contributed by atoms with Gasteiger partial charge >= 0.3 is 0 Å². The summed E-state index contributed by atoms with van der Waals surface area (Å²) in [6.07, 6.45) is 0. The maximum Gasteiger partial charge on any atom is 0.256 e. The number of benzene rings is 2. The molecule has 0 radical (unpaired) electrons. The highest BCUT2D eigenvalue weighted by Gasteiger charge is 2.22. The first-order valence-corrected chi connectivity index (χ1v) is 8.98. The van der Waals surface area contributed by atoms with E-state index in [-0.39, 0.29) is 11.9 Å². The lowest BCUT2D eigenvalue weighted by Crippen LogP contribution is -2.27. The van der Waals surface area contributed by atoms with Crippen LogP contribution >= 0.6 is 11.6 Å². The molecule has 0 bridgehead atoms. The van der Waals surface area contributed by atoms with Gasteiger partial charge in [-0.2, -0.15) is 5.10 Å². The molecule has 1 atom stereocenters. The van der Waals surface area contributed by atoms with Crippen LogP contribution in [-0.2, 0) is 6.54 Å². The molecule has 3 aromatic rings. The molecule has 2 aromatic carbocycles. The van der Waals surface area contributed by atoms with Crippen LogP contribution in [-0.4, -0.2) is 15.7 Å². The first kappa shape index (κ1) is 18.2. The fraction of sp³-hybridized carbons (Fsp3) is 0.238. The van der Waals surface area contributed by atoms with E-state index in [2.05, 4.69) is 10.4 Å². The third-order valence-electron chi connectivity index (χ3n) is 4.47. The quantitative estimate of drug-likeness (QED) is 0.710. The van der Waals surface area contributed by atoms with E-state index in [4.69, 9.17) is 11.6 Å². The van der Waals surface area contributed by atoms with Crippen molar-refractivity contribution in [3.63, 3.8) is 0 Å². The van der Waals surface area contributed by atoms with Gasteiger partial charge in [-0.1, -0.05) is 66.2 Å². The Morgan fingerprint density at radius 1 is 1.12 bits per heavy atom. The largest absolute Gasteiger partial charge is 0.345 e. The lowest BCUT2D eigenvalue weighted by molar-refractivity contribution is 0.0939. The van der Waals surface area contributed by atoms with Gasteiger partial charge in [-0.15, -0.1) is 0 Å². The Hall–Kier alpha value is -2.59. The SMILES string of the molecule is Cc1ccccc1C(C)NC(=O)c1c(C)nn(Cc2ccccc2)c1Cl. The Morgan fingerprint density at radius 2 is 1.77 bits per heavy atom. The molecule has 0 aliphatic heterocycles. The van der Waals surface area contributed by atoms with Gasteiger partial charge in [0.25, 0.3) is 5.91 Å². The number of carbonyl (C=O) groups excluding carboxylic acids is 1. The minimum absolute atomic E-state index is 0.114. The summed E-state index contributed by atoms with van der Waals surface area (Å²) >= 11 is 6.47. The first-order valence-electron chi connectivity index (χ1n) is 8.60. The van der Waals surface area contributed by atoms with E-state index in [1.165, 1.54) is 0 Å². The van der Waals surface area contributed by atoms with Crippen molar-refractivity contribution in [2.75, 3.05) is 0 Å². The van der Waals surface area contributed by atoms with E-state index in [9.17, 15) is 4.79 Å². The third-order valence-corrected chi connectivity index (χ3v) is 4.85. The van der Waals surface area contributed by atoms with Crippen molar-refractivity contribution in [2.24, 2.45) is 0 Å². The van der Waals surface area contributed by atoms with E-state index in [0.29, 0.717) is 23.0 Å². The van der Waals surface area contributed by atoms with Crippen LogP contribution in [0.1, 0.15) is 45.7 Å². The molecule has 0 aliphatic carbocycles. The number of hydrogen-bond donors (Lipinski definition) is 1. The maximum absolute atomic E-state index is 12.8. The van der Waals surface area contributed by atoms with Crippen LogP contribution < -0.4 is 5.32 Å². The Morgan fingerprint density at radius 3 is 2.46 bits per heavy atom. The summed E-state index contributed by atoms with van der Waals surface area (Å²) in [5.74, 6) is -0.206. The molecule has 1 N–H and O–H groups in total. The third kappa shape index (κ3) is 3.81. The number of aryl methyl sites for hydroxylation is 2. The molecule has 1 amide bonds. The van der Waals surface area contributed by atoms with Gasteiger partial charge in [0.1, 0.15) is 5.15 Å². The molecular formula is C21H22ClN3O. The molecule has 0 fully saturated rings. The number of amides is 1. The van der Waals surface area contributed by atoms with Crippen LogP contribution in [0, 0.1) is 13.8 Å². The molecule has 26 heavy (non-hydrogen) atoms. The highest BCUT2D eigenvalue weighted by molar-refractivity contribution is 6.33. The summed E-state index contributed by atoms with van der Waals surface area (Å²) in [6.45, 7) is 6.34. The number of rotatable bonds is 5. The van der Waals surface area contributed by atoms with Gasteiger partial charge in [-0.25, -0.2) is 4.68 Å². The van der Waals surface area contributed by atoms with Gasteiger partial charge in [0.05, 0.1) is 23.8 Å². The molecular weight excluding hydrogens is 346 g/mol. The minimum Gasteiger partial charge on any atom is -0.345 e. The van der Waals surface area contributed by atoms with Crippen molar-refractivity contribution in [1.29, 1.82) is 0 Å². The summed E-state index contributed by atoms with van der Waals surface area (Å²) in [5.41, 5.74) is 4.37. The average molecular weight is 368 g/mol. The first-order chi connectivity index (χ1) is 12.5. The van der Waals surface area contributed by atoms with Crippen molar-refractivity contribution in [2.45, 2.75) is 33.4 Å². The molecule has 3 rings (SSSR count). The fourth-order valence-electron chi connectivity index (χ4n) is 3.09. The predicted molar refractivity (Wildman–Crippen MR) is 105 cm³/mol. The van der Waals surface area contributed by atoms with Crippen LogP contribution in [0.2, 0.25) is 5.15 Å². The predicted octanol–water partition coefficient (Wildman–Crippen LogP) is 4.69. The van der Waals surface area contributed by atoms with Crippen molar-refractivity contribution < 1.29 is 4.79 Å². The normalized spacial score (nSPS) is 12.0. The molecule has 134 valence electrons. The van der Waals surface area contributed by atoms with E-state index < -0.39 is 0 Å². The fourth-order valence-corrected chi connectivity index (χ4v) is 3.41. The molecule has 1 unspecified atom stereocenters. The molecule has 5 heteroatoms. The second-order valence-corrected chi connectivity index (χ2v) is 6.80. The number of nitrogens with one attached hydrogen (secondary N) is 1. The topological polar surface area (TPSA) is 46.9 Å². The van der Waals surface area contributed by atoms with Crippen LogP contribution in [0.5, 0.6) is 0 Å². The van der Waals surface area contributed by atoms with Gasteiger partial charge < -0.3 is 5.32 Å². The molecule has 1 heterocycles. The summed E-state index contributed by atoms with van der Waals surface area (Å²) in [7, 11) is 0. The highest BCUT2D eigenvalue weighted by atomic mass is 35.5. The van der Waals surface area contributed by atoms with Crippen molar-refractivity contribution in [1.82, 2.24) is 15.1 Å². The monoisotopic (exact) mass is 367 g/mol. The van der Waals surface area contributed by atoms with Crippen molar-refractivity contribution in [3.8, 4) is 0 Å². The molecule has 4 nitrogen and oxygen atoms in total. The average Bonchev–Trinajstić information content (AvgIpc) is 2.89. The number of aromatic nitrogens is 2. The summed E-state index contributed by atoms with van der Waals surface area (Å²) in [5, 5.41) is 7.85.